The number of hydrogen-bond donors (Lipinski definition) is 0. The summed E-state index contributed by atoms with van der Waals surface area (Å²) in [6.07, 6.45) is 6.01. The third-order valence-electron chi connectivity index (χ3n) is 19.0. The van der Waals surface area contributed by atoms with Gasteiger partial charge < -0.3 is 14.7 Å². The molecule has 5 aliphatic rings. The summed E-state index contributed by atoms with van der Waals surface area (Å²) in [5, 5.41) is 4.92. The topological polar surface area (TPSA) is 9.72 Å². The molecule has 0 fully saturated rings. The number of anilines is 8. The van der Waals surface area contributed by atoms with Crippen molar-refractivity contribution in [1.29, 1.82) is 0 Å². The summed E-state index contributed by atoms with van der Waals surface area (Å²) in [5.74, 6) is 0.373. The SMILES string of the molecule is CC1(C)C2=CC(N(c3ccc4c(c3)C(C)(C)c3cc(N(c5ccc6c(c5)C(C)(C)c5ccccc5-6)c5cccc6ccccc56)cc5c3N4c3ccccc3C5(C)C)c3cccc4ccccc34)=CCC2c2ccccc21. The van der Waals surface area contributed by atoms with Gasteiger partial charge in [0.05, 0.1) is 28.4 Å². The Morgan fingerprint density at radius 2 is 0.896 bits per heavy atom. The Morgan fingerprint density at radius 1 is 0.390 bits per heavy atom. The first-order chi connectivity index (χ1) is 37.2. The van der Waals surface area contributed by atoms with E-state index < -0.39 is 5.41 Å². The minimum Gasteiger partial charge on any atom is -0.310 e. The van der Waals surface area contributed by atoms with Crippen molar-refractivity contribution in [1.82, 2.24) is 0 Å². The van der Waals surface area contributed by atoms with Crippen molar-refractivity contribution >= 4 is 67.0 Å². The van der Waals surface area contributed by atoms with Crippen LogP contribution in [0.1, 0.15) is 112 Å². The minimum absolute atomic E-state index is 0.0848. The molecule has 1 unspecified atom stereocenters. The Bertz CT molecular complexity index is 4220. The summed E-state index contributed by atoms with van der Waals surface area (Å²) >= 11 is 0. The molecule has 374 valence electrons. The molecule has 3 heteroatoms. The van der Waals surface area contributed by atoms with Gasteiger partial charge in [0.1, 0.15) is 0 Å². The summed E-state index contributed by atoms with van der Waals surface area (Å²) in [5.41, 5.74) is 24.9. The summed E-state index contributed by atoms with van der Waals surface area (Å²) < 4.78 is 0. The van der Waals surface area contributed by atoms with Gasteiger partial charge >= 0.3 is 0 Å². The molecule has 0 spiro atoms. The predicted octanol–water partition coefficient (Wildman–Crippen LogP) is 19.9. The third kappa shape index (κ3) is 6.38. The van der Waals surface area contributed by atoms with Gasteiger partial charge in [-0.05, 0) is 140 Å². The van der Waals surface area contributed by atoms with E-state index in [1.165, 1.54) is 117 Å². The number of hydrogen-bond acceptors (Lipinski definition) is 3. The fourth-order valence-corrected chi connectivity index (χ4v) is 14.9. The van der Waals surface area contributed by atoms with Crippen molar-refractivity contribution in [2.24, 2.45) is 0 Å². The van der Waals surface area contributed by atoms with Crippen molar-refractivity contribution in [3.63, 3.8) is 0 Å². The van der Waals surface area contributed by atoms with Gasteiger partial charge in [-0.3, -0.25) is 0 Å². The zero-order valence-corrected chi connectivity index (χ0v) is 45.4. The van der Waals surface area contributed by atoms with E-state index in [0.29, 0.717) is 5.92 Å². The highest BCUT2D eigenvalue weighted by Gasteiger charge is 2.48. The lowest BCUT2D eigenvalue weighted by Crippen LogP contribution is -2.38. The average Bonchev–Trinajstić information content (AvgIpc) is 4.05. The van der Waals surface area contributed by atoms with Crippen molar-refractivity contribution in [2.45, 2.75) is 89.4 Å². The quantitative estimate of drug-likeness (QED) is 0.164. The molecule has 0 radical (unpaired) electrons. The van der Waals surface area contributed by atoms with Gasteiger partial charge in [0, 0.05) is 61.1 Å². The van der Waals surface area contributed by atoms with Crippen LogP contribution in [-0.4, -0.2) is 0 Å². The Balaban J connectivity index is 0.963. The summed E-state index contributed by atoms with van der Waals surface area (Å²) in [6, 6.07) is 78.4. The Kier molecular flexibility index (Phi) is 9.59. The van der Waals surface area contributed by atoms with Crippen LogP contribution in [0.25, 0.3) is 32.7 Å². The first-order valence-corrected chi connectivity index (χ1v) is 27.8. The zero-order chi connectivity index (χ0) is 52.3. The number of para-hydroxylation sites is 1. The first-order valence-electron chi connectivity index (χ1n) is 27.8. The second kappa shape index (κ2) is 16.1. The van der Waals surface area contributed by atoms with E-state index >= 15 is 0 Å². The lowest BCUT2D eigenvalue weighted by Gasteiger charge is -2.50. The van der Waals surface area contributed by atoms with Gasteiger partial charge in [0.15, 0.2) is 0 Å². The van der Waals surface area contributed by atoms with Crippen LogP contribution in [0.3, 0.4) is 0 Å². The molecule has 0 aromatic heterocycles. The van der Waals surface area contributed by atoms with E-state index in [2.05, 4.69) is 288 Å². The lowest BCUT2D eigenvalue weighted by atomic mass is 9.66. The number of fused-ring (bicyclic) bond motifs is 12. The Hall–Kier alpha value is -8.40. The van der Waals surface area contributed by atoms with Crippen LogP contribution in [0.2, 0.25) is 0 Å². The van der Waals surface area contributed by atoms with Gasteiger partial charge in [0.25, 0.3) is 0 Å². The first kappa shape index (κ1) is 45.9. The standard InChI is InChI=1S/C74H63N3/c1-71(2)58-29-15-13-27-54(58)56-38-35-48(41-61(56)71)75(66-33-19-23-46-21-9-11-25-52(46)66)50-37-40-69-63(43-50)74(7,8)65-45-51(44-64-70(65)77(69)68-32-18-17-31-60(68)73(64,5)6)76(67-34-20-24-47-22-10-12-26-53(47)67)49-36-39-57-55-28-14-16-30-59(55)72(3,4)62(57)42-49/h9-37,39-45,56H,38H2,1-8H3. The maximum absolute atomic E-state index is 2.61. The van der Waals surface area contributed by atoms with Crippen LogP contribution in [0.15, 0.2) is 230 Å². The zero-order valence-electron chi connectivity index (χ0n) is 45.4. The largest absolute Gasteiger partial charge is 0.310 e. The molecule has 0 amide bonds. The molecule has 0 saturated heterocycles. The molecule has 0 saturated carbocycles. The molecule has 2 heterocycles. The molecule has 10 aromatic rings. The van der Waals surface area contributed by atoms with E-state index in [9.17, 15) is 0 Å². The maximum Gasteiger partial charge on any atom is 0.0545 e. The van der Waals surface area contributed by atoms with Crippen LogP contribution in [-0.2, 0) is 21.7 Å². The number of benzene rings is 10. The minimum atomic E-state index is -0.430. The second-order valence-corrected chi connectivity index (χ2v) is 24.5. The summed E-state index contributed by atoms with van der Waals surface area (Å²) in [7, 11) is 0. The fraction of sp³-hybridized carbons (Fsp3) is 0.189. The highest BCUT2D eigenvalue weighted by atomic mass is 15.2. The number of allylic oxidation sites excluding steroid dienone is 3. The fourth-order valence-electron chi connectivity index (χ4n) is 14.9. The molecule has 2 aliphatic heterocycles. The van der Waals surface area contributed by atoms with Gasteiger partial charge in [-0.1, -0.05) is 213 Å². The van der Waals surface area contributed by atoms with Crippen LogP contribution < -0.4 is 14.7 Å². The van der Waals surface area contributed by atoms with Crippen molar-refractivity contribution in [3.05, 3.63) is 274 Å². The highest BCUT2D eigenvalue weighted by Crippen LogP contribution is 2.63. The molecule has 0 N–H and O–H groups in total. The van der Waals surface area contributed by atoms with Crippen molar-refractivity contribution in [2.75, 3.05) is 14.7 Å². The number of nitrogens with zero attached hydrogens (tertiary/aromatic N) is 3. The van der Waals surface area contributed by atoms with Gasteiger partial charge in [-0.25, -0.2) is 0 Å². The molecule has 3 nitrogen and oxygen atoms in total. The van der Waals surface area contributed by atoms with Gasteiger partial charge in [-0.15, -0.1) is 0 Å². The van der Waals surface area contributed by atoms with Crippen LogP contribution in [0, 0.1) is 0 Å². The summed E-state index contributed by atoms with van der Waals surface area (Å²) in [4.78, 5) is 7.76. The predicted molar refractivity (Wildman–Crippen MR) is 324 cm³/mol. The second-order valence-electron chi connectivity index (χ2n) is 24.5. The molecular formula is C74H63N3. The van der Waals surface area contributed by atoms with Crippen LogP contribution >= 0.6 is 0 Å². The smallest absolute Gasteiger partial charge is 0.0545 e. The molecule has 0 bridgehead atoms. The third-order valence-corrected chi connectivity index (χ3v) is 19.0. The molecule has 1 atom stereocenters. The van der Waals surface area contributed by atoms with Crippen molar-refractivity contribution < 1.29 is 0 Å². The van der Waals surface area contributed by atoms with E-state index in [1.54, 1.807) is 0 Å². The highest BCUT2D eigenvalue weighted by molar-refractivity contribution is 6.02. The molecule has 77 heavy (non-hydrogen) atoms. The molecule has 15 rings (SSSR count). The molecule has 10 aromatic carbocycles. The van der Waals surface area contributed by atoms with E-state index in [4.69, 9.17) is 0 Å². The van der Waals surface area contributed by atoms with Gasteiger partial charge in [0.2, 0.25) is 0 Å². The average molecular weight is 994 g/mol. The van der Waals surface area contributed by atoms with Gasteiger partial charge in [-0.2, -0.15) is 0 Å². The molecular weight excluding hydrogens is 931 g/mol. The van der Waals surface area contributed by atoms with E-state index in [-0.39, 0.29) is 16.2 Å². The van der Waals surface area contributed by atoms with E-state index in [0.717, 1.165) is 23.5 Å². The van der Waals surface area contributed by atoms with Crippen LogP contribution in [0.5, 0.6) is 0 Å². The Morgan fingerprint density at radius 3 is 1.62 bits per heavy atom. The van der Waals surface area contributed by atoms with Crippen LogP contribution in [0.4, 0.5) is 45.5 Å². The Labute approximate surface area is 454 Å². The number of rotatable bonds is 6. The molecule has 3 aliphatic carbocycles. The van der Waals surface area contributed by atoms with Crippen molar-refractivity contribution in [3.8, 4) is 11.1 Å². The summed E-state index contributed by atoms with van der Waals surface area (Å²) in [6.45, 7) is 19.5. The van der Waals surface area contributed by atoms with E-state index in [1.807, 2.05) is 0 Å². The maximum atomic E-state index is 2.61. The normalized spacial score (nSPS) is 18.0. The lowest BCUT2D eigenvalue weighted by molar-refractivity contribution is 0.597. The monoisotopic (exact) mass is 994 g/mol.